The molecule has 4 fully saturated rings. The van der Waals surface area contributed by atoms with Gasteiger partial charge in [0.05, 0.1) is 18.1 Å². The monoisotopic (exact) mass is 377 g/mol. The molecule has 3 saturated carbocycles. The van der Waals surface area contributed by atoms with Gasteiger partial charge in [0.2, 0.25) is 5.91 Å². The summed E-state index contributed by atoms with van der Waals surface area (Å²) in [5, 5.41) is 0. The summed E-state index contributed by atoms with van der Waals surface area (Å²) in [5.41, 5.74) is -0.0344. The van der Waals surface area contributed by atoms with Crippen molar-refractivity contribution in [3.8, 4) is 0 Å². The highest BCUT2D eigenvalue weighted by atomic mass is 32.2. The number of nitrogens with zero attached hydrogens (tertiary/aromatic N) is 1. The molecule has 1 aliphatic heterocycles. The molecule has 4 aliphatic rings. The first-order valence-electron chi connectivity index (χ1n) is 9.96. The van der Waals surface area contributed by atoms with Gasteiger partial charge in [-0.15, -0.1) is 0 Å². The Kier molecular flexibility index (Phi) is 3.63. The Morgan fingerprint density at radius 3 is 2.58 bits per heavy atom. The summed E-state index contributed by atoms with van der Waals surface area (Å²) in [7, 11) is -2.88. The molecule has 3 unspecified atom stereocenters. The van der Waals surface area contributed by atoms with E-state index in [2.05, 4.69) is 13.0 Å². The molecule has 0 bridgehead atoms. The van der Waals surface area contributed by atoms with Gasteiger partial charge in [0, 0.05) is 17.9 Å². The van der Waals surface area contributed by atoms with E-state index in [-0.39, 0.29) is 28.7 Å². The van der Waals surface area contributed by atoms with Gasteiger partial charge >= 0.3 is 0 Å². The number of sulfone groups is 1. The van der Waals surface area contributed by atoms with Crippen LogP contribution in [0, 0.1) is 17.3 Å². The number of rotatable bonds is 5. The molecule has 0 radical (unpaired) electrons. The predicted octanol–water partition coefficient (Wildman–Crippen LogP) is 3.11. The van der Waals surface area contributed by atoms with Crippen LogP contribution in [0.3, 0.4) is 0 Å². The van der Waals surface area contributed by atoms with Crippen LogP contribution in [-0.4, -0.2) is 36.8 Å². The van der Waals surface area contributed by atoms with Crippen LogP contribution in [0.15, 0.2) is 16.5 Å². The number of hydrogen-bond donors (Lipinski definition) is 0. The van der Waals surface area contributed by atoms with Gasteiger partial charge in [0.15, 0.2) is 0 Å². The molecule has 1 amide bonds. The molecule has 1 aromatic heterocycles. The number of hydrogen-bond acceptors (Lipinski definition) is 4. The molecule has 0 aromatic carbocycles. The second-order valence-corrected chi connectivity index (χ2v) is 11.4. The third-order valence-electron chi connectivity index (χ3n) is 7.06. The average Bonchev–Trinajstić information content (AvgIpc) is 3.52. The van der Waals surface area contributed by atoms with Crippen LogP contribution >= 0.6 is 0 Å². The molecule has 0 N–H and O–H groups in total. The summed E-state index contributed by atoms with van der Waals surface area (Å²) in [6.45, 7) is 2.80. The Morgan fingerprint density at radius 1 is 1.27 bits per heavy atom. The predicted molar refractivity (Wildman–Crippen MR) is 97.2 cm³/mol. The fourth-order valence-electron chi connectivity index (χ4n) is 4.73. The second-order valence-electron chi connectivity index (χ2n) is 9.09. The zero-order valence-electron chi connectivity index (χ0n) is 15.3. The van der Waals surface area contributed by atoms with E-state index in [0.717, 1.165) is 30.8 Å². The lowest BCUT2D eigenvalue weighted by Crippen LogP contribution is -2.36. The first-order chi connectivity index (χ1) is 12.4. The van der Waals surface area contributed by atoms with Crippen LogP contribution in [0.2, 0.25) is 0 Å². The van der Waals surface area contributed by atoms with Crippen molar-refractivity contribution < 1.29 is 17.6 Å². The summed E-state index contributed by atoms with van der Waals surface area (Å²) in [4.78, 5) is 15.2. The summed E-state index contributed by atoms with van der Waals surface area (Å²) in [6.07, 6.45) is 5.54. The zero-order valence-corrected chi connectivity index (χ0v) is 16.1. The van der Waals surface area contributed by atoms with Gasteiger partial charge < -0.3 is 9.32 Å². The quantitative estimate of drug-likeness (QED) is 0.791. The fourth-order valence-corrected chi connectivity index (χ4v) is 6.37. The molecule has 6 heteroatoms. The summed E-state index contributed by atoms with van der Waals surface area (Å²) < 4.78 is 29.5. The first-order valence-corrected chi connectivity index (χ1v) is 11.8. The van der Waals surface area contributed by atoms with E-state index in [4.69, 9.17) is 4.42 Å². The Hall–Kier alpha value is -1.30. The maximum atomic E-state index is 13.2. The lowest BCUT2D eigenvalue weighted by Gasteiger charge is -2.26. The minimum Gasteiger partial charge on any atom is -0.464 e. The SMILES string of the molecule is CC1CC1c1ccc(CN(C(=O)C2CC23CCS(=O)(=O)CC3)C2CC2)o1. The van der Waals surface area contributed by atoms with Crippen LogP contribution in [0.1, 0.15) is 62.9 Å². The van der Waals surface area contributed by atoms with Crippen molar-refractivity contribution >= 4 is 15.7 Å². The molecule has 26 heavy (non-hydrogen) atoms. The van der Waals surface area contributed by atoms with E-state index < -0.39 is 9.84 Å². The number of furan rings is 1. The van der Waals surface area contributed by atoms with Gasteiger partial charge in [0.25, 0.3) is 0 Å². The molecule has 1 aromatic rings. The van der Waals surface area contributed by atoms with Crippen molar-refractivity contribution in [3.05, 3.63) is 23.7 Å². The average molecular weight is 378 g/mol. The van der Waals surface area contributed by atoms with E-state index >= 15 is 0 Å². The molecule has 1 spiro atoms. The van der Waals surface area contributed by atoms with Gasteiger partial charge in [-0.05, 0) is 62.0 Å². The molecular weight excluding hydrogens is 350 g/mol. The van der Waals surface area contributed by atoms with Gasteiger partial charge in [-0.25, -0.2) is 8.42 Å². The zero-order chi connectivity index (χ0) is 18.1. The Balaban J connectivity index is 1.26. The maximum Gasteiger partial charge on any atom is 0.226 e. The van der Waals surface area contributed by atoms with E-state index in [1.54, 1.807) is 0 Å². The lowest BCUT2D eigenvalue weighted by molar-refractivity contribution is -0.135. The highest BCUT2D eigenvalue weighted by Gasteiger charge is 2.61. The Labute approximate surface area is 155 Å². The van der Waals surface area contributed by atoms with E-state index in [1.807, 2.05) is 11.0 Å². The van der Waals surface area contributed by atoms with Crippen LogP contribution in [0.5, 0.6) is 0 Å². The first kappa shape index (κ1) is 16.8. The van der Waals surface area contributed by atoms with Crippen molar-refractivity contribution in [2.45, 2.75) is 64.0 Å². The van der Waals surface area contributed by atoms with Gasteiger partial charge in [-0.2, -0.15) is 0 Å². The minimum absolute atomic E-state index is 0.0245. The van der Waals surface area contributed by atoms with Crippen LogP contribution in [-0.2, 0) is 21.2 Å². The molecule has 5 nitrogen and oxygen atoms in total. The summed E-state index contributed by atoms with van der Waals surface area (Å²) in [6, 6.07) is 4.45. The van der Waals surface area contributed by atoms with Crippen molar-refractivity contribution in [2.75, 3.05) is 11.5 Å². The largest absolute Gasteiger partial charge is 0.464 e. The van der Waals surface area contributed by atoms with E-state index in [9.17, 15) is 13.2 Å². The van der Waals surface area contributed by atoms with E-state index in [1.165, 1.54) is 6.42 Å². The van der Waals surface area contributed by atoms with E-state index in [0.29, 0.717) is 37.3 Å². The third-order valence-corrected chi connectivity index (χ3v) is 8.72. The molecule has 3 atom stereocenters. The molecule has 3 aliphatic carbocycles. The molecular formula is C20H27NO4S. The number of amides is 1. The summed E-state index contributed by atoms with van der Waals surface area (Å²) >= 11 is 0. The van der Waals surface area contributed by atoms with Gasteiger partial charge in [0.1, 0.15) is 21.4 Å². The standard InChI is InChI=1S/C20H27NO4S/c1-13-10-16(13)18-5-4-15(25-18)12-21(14-2-3-14)19(22)17-11-20(17)6-8-26(23,24)9-7-20/h4-5,13-14,16-17H,2-3,6-12H2,1H3. The lowest BCUT2D eigenvalue weighted by atomic mass is 9.95. The van der Waals surface area contributed by atoms with Crippen molar-refractivity contribution in [2.24, 2.45) is 17.3 Å². The highest BCUT2D eigenvalue weighted by molar-refractivity contribution is 7.91. The second kappa shape index (κ2) is 5.60. The van der Waals surface area contributed by atoms with Crippen molar-refractivity contribution in [3.63, 3.8) is 0 Å². The minimum atomic E-state index is -2.88. The number of carbonyl (C=O) groups is 1. The fraction of sp³-hybridized carbons (Fsp3) is 0.750. The van der Waals surface area contributed by atoms with Crippen LogP contribution in [0.4, 0.5) is 0 Å². The Bertz CT molecular complexity index is 824. The van der Waals surface area contributed by atoms with Crippen molar-refractivity contribution in [1.82, 2.24) is 4.90 Å². The topological polar surface area (TPSA) is 67.6 Å². The van der Waals surface area contributed by atoms with Crippen LogP contribution < -0.4 is 0 Å². The molecule has 2 heterocycles. The normalized spacial score (nSPS) is 33.8. The Morgan fingerprint density at radius 2 is 1.96 bits per heavy atom. The van der Waals surface area contributed by atoms with Crippen molar-refractivity contribution in [1.29, 1.82) is 0 Å². The van der Waals surface area contributed by atoms with Gasteiger partial charge in [-0.1, -0.05) is 6.92 Å². The molecule has 1 saturated heterocycles. The summed E-state index contributed by atoms with van der Waals surface area (Å²) in [5.74, 6) is 3.98. The smallest absolute Gasteiger partial charge is 0.226 e. The molecule has 5 rings (SSSR count). The van der Waals surface area contributed by atoms with Gasteiger partial charge in [-0.3, -0.25) is 4.79 Å². The maximum absolute atomic E-state index is 13.2. The highest BCUT2D eigenvalue weighted by Crippen LogP contribution is 2.61. The molecule has 142 valence electrons. The third kappa shape index (κ3) is 3.00. The number of carbonyl (C=O) groups excluding carboxylic acids is 1. The van der Waals surface area contributed by atoms with Crippen LogP contribution in [0.25, 0.3) is 0 Å².